The molecule has 4 heterocycles. The number of aromatic nitrogens is 4. The van der Waals surface area contributed by atoms with Crippen molar-refractivity contribution >= 4 is 65.4 Å². The first-order valence-corrected chi connectivity index (χ1v) is 17.8. The van der Waals surface area contributed by atoms with E-state index in [0.29, 0.717) is 0 Å². The summed E-state index contributed by atoms with van der Waals surface area (Å²) in [6.45, 7) is 0. The van der Waals surface area contributed by atoms with Crippen molar-refractivity contribution in [3.63, 3.8) is 0 Å². The monoisotopic (exact) mass is 660 g/mol. The molecule has 4 nitrogen and oxygen atoms in total. The number of benzene rings is 8. The van der Waals surface area contributed by atoms with Crippen molar-refractivity contribution in [1.29, 1.82) is 0 Å². The van der Waals surface area contributed by atoms with E-state index in [1.165, 1.54) is 60.0 Å². The summed E-state index contributed by atoms with van der Waals surface area (Å²) in [6, 6.07) is 61.3. The molecular formula is C48H28N4. The molecule has 0 fully saturated rings. The Labute approximate surface area is 298 Å². The molecule has 0 bridgehead atoms. The molecule has 0 aliphatic carbocycles. The van der Waals surface area contributed by atoms with Crippen molar-refractivity contribution in [1.82, 2.24) is 19.1 Å². The zero-order chi connectivity index (χ0) is 33.9. The van der Waals surface area contributed by atoms with Gasteiger partial charge in [0, 0.05) is 38.4 Å². The van der Waals surface area contributed by atoms with E-state index in [2.05, 4.69) is 167 Å². The fourth-order valence-corrected chi connectivity index (χ4v) is 8.77. The highest BCUT2D eigenvalue weighted by Gasteiger charge is 2.27. The van der Waals surface area contributed by atoms with Gasteiger partial charge in [0.2, 0.25) is 0 Å². The molecular weight excluding hydrogens is 633 g/mol. The number of nitrogens with zero attached hydrogens (tertiary/aromatic N) is 4. The maximum Gasteiger partial charge on any atom is 0.165 e. The van der Waals surface area contributed by atoms with Gasteiger partial charge in [-0.25, -0.2) is 9.97 Å². The molecule has 0 atom stereocenters. The van der Waals surface area contributed by atoms with Crippen LogP contribution in [0.4, 0.5) is 0 Å². The van der Waals surface area contributed by atoms with Gasteiger partial charge in [-0.3, -0.25) is 4.57 Å². The van der Waals surface area contributed by atoms with E-state index in [9.17, 15) is 0 Å². The summed E-state index contributed by atoms with van der Waals surface area (Å²) in [5.41, 5.74) is 14.3. The smallest absolute Gasteiger partial charge is 0.165 e. The second kappa shape index (κ2) is 10.3. The minimum atomic E-state index is 0.867. The second-order valence-electron chi connectivity index (χ2n) is 13.8. The van der Waals surface area contributed by atoms with E-state index in [-0.39, 0.29) is 0 Å². The Balaban J connectivity index is 1.20. The fraction of sp³-hybridized carbons (Fsp3) is 0. The normalized spacial score (nSPS) is 12.2. The third kappa shape index (κ3) is 3.70. The van der Waals surface area contributed by atoms with Crippen molar-refractivity contribution in [3.8, 4) is 45.0 Å². The van der Waals surface area contributed by atoms with Crippen LogP contribution in [0.25, 0.3) is 110 Å². The molecule has 0 unspecified atom stereocenters. The van der Waals surface area contributed by atoms with E-state index < -0.39 is 0 Å². The number of hydrogen-bond donors (Lipinski definition) is 0. The Bertz CT molecular complexity index is 3290. The Hall–Kier alpha value is -7.04. The molecule has 1 aliphatic rings. The molecule has 0 spiro atoms. The van der Waals surface area contributed by atoms with Crippen molar-refractivity contribution in [2.24, 2.45) is 0 Å². The van der Waals surface area contributed by atoms with Gasteiger partial charge in [-0.1, -0.05) is 109 Å². The van der Waals surface area contributed by atoms with Gasteiger partial charge in [-0.15, -0.1) is 0 Å². The minimum absolute atomic E-state index is 0.867. The van der Waals surface area contributed by atoms with Crippen LogP contribution in [-0.4, -0.2) is 19.1 Å². The molecule has 0 N–H and O–H groups in total. The van der Waals surface area contributed by atoms with Gasteiger partial charge in [-0.2, -0.15) is 0 Å². The molecule has 240 valence electrons. The minimum Gasteiger partial charge on any atom is -0.309 e. The van der Waals surface area contributed by atoms with Crippen molar-refractivity contribution in [2.45, 2.75) is 0 Å². The predicted octanol–water partition coefficient (Wildman–Crippen LogP) is 12.3. The van der Waals surface area contributed by atoms with Crippen LogP contribution >= 0.6 is 0 Å². The van der Waals surface area contributed by atoms with E-state index >= 15 is 0 Å². The number of para-hydroxylation sites is 4. The molecule has 0 radical (unpaired) electrons. The van der Waals surface area contributed by atoms with Crippen LogP contribution in [0.2, 0.25) is 0 Å². The molecule has 52 heavy (non-hydrogen) atoms. The van der Waals surface area contributed by atoms with Gasteiger partial charge in [-0.05, 0) is 88.1 Å². The topological polar surface area (TPSA) is 35.6 Å². The lowest BCUT2D eigenvalue weighted by atomic mass is 9.92. The molecule has 4 heteroatoms. The summed E-state index contributed by atoms with van der Waals surface area (Å²) in [4.78, 5) is 10.6. The van der Waals surface area contributed by atoms with Crippen molar-refractivity contribution < 1.29 is 0 Å². The summed E-state index contributed by atoms with van der Waals surface area (Å²) in [7, 11) is 0. The van der Waals surface area contributed by atoms with Crippen molar-refractivity contribution in [2.75, 3.05) is 0 Å². The summed E-state index contributed by atoms with van der Waals surface area (Å²) >= 11 is 0. The average Bonchev–Trinajstić information content (AvgIpc) is 3.69. The SMILES string of the molecule is c1ccc(-n2c3ccc(-c4cc5c6c(c4)c4ccccc4n6-c4nc6ccccc6nc4-c4ccccc4-5)cc3c3c4ccccc4ccc32)cc1. The molecule has 8 aromatic carbocycles. The van der Waals surface area contributed by atoms with Crippen LogP contribution in [0.1, 0.15) is 0 Å². The number of hydrogen-bond acceptors (Lipinski definition) is 2. The van der Waals surface area contributed by atoms with Gasteiger partial charge in [0.05, 0.1) is 33.1 Å². The van der Waals surface area contributed by atoms with Crippen LogP contribution in [-0.2, 0) is 0 Å². The average molecular weight is 661 g/mol. The van der Waals surface area contributed by atoms with Crippen LogP contribution in [0.3, 0.4) is 0 Å². The third-order valence-corrected chi connectivity index (χ3v) is 11.0. The van der Waals surface area contributed by atoms with Gasteiger partial charge >= 0.3 is 0 Å². The molecule has 3 aromatic heterocycles. The van der Waals surface area contributed by atoms with Crippen molar-refractivity contribution in [3.05, 3.63) is 170 Å². The van der Waals surface area contributed by atoms with Gasteiger partial charge in [0.15, 0.2) is 5.82 Å². The van der Waals surface area contributed by atoms with E-state index in [1.807, 2.05) is 12.1 Å². The Morgan fingerprint density at radius 3 is 1.94 bits per heavy atom. The quantitative estimate of drug-likeness (QED) is 0.185. The summed E-state index contributed by atoms with van der Waals surface area (Å²) in [6.07, 6.45) is 0. The van der Waals surface area contributed by atoms with E-state index in [0.717, 1.165) is 50.4 Å². The highest BCUT2D eigenvalue weighted by atomic mass is 15.1. The highest BCUT2D eigenvalue weighted by Crippen LogP contribution is 2.48. The first-order chi connectivity index (χ1) is 25.8. The Morgan fingerprint density at radius 2 is 1.06 bits per heavy atom. The lowest BCUT2D eigenvalue weighted by Gasteiger charge is -2.12. The highest BCUT2D eigenvalue weighted by molar-refractivity contribution is 6.22. The summed E-state index contributed by atoms with van der Waals surface area (Å²) in [5, 5.41) is 7.44. The standard InChI is InChI=1S/C48H28N4/c1-2-13-32(14-3-1)51-43-24-23-30(26-39(43)45-33-15-5-4-12-29(33)22-25-44(45)51)31-27-37-34-16-6-7-18-36(34)46-48(50-41-20-10-9-19-40(41)49-46)52-42-21-11-8-17-35(42)38(28-31)47(37)52/h1-28H. The number of rotatable bonds is 2. The van der Waals surface area contributed by atoms with Gasteiger partial charge in [0.1, 0.15) is 5.69 Å². The van der Waals surface area contributed by atoms with E-state index in [1.54, 1.807) is 0 Å². The van der Waals surface area contributed by atoms with Crippen LogP contribution in [0.5, 0.6) is 0 Å². The molecule has 1 aliphatic heterocycles. The fourth-order valence-electron chi connectivity index (χ4n) is 8.77. The molecule has 0 saturated heterocycles. The van der Waals surface area contributed by atoms with Crippen LogP contribution in [0, 0.1) is 0 Å². The maximum atomic E-state index is 5.31. The Morgan fingerprint density at radius 1 is 0.385 bits per heavy atom. The Kier molecular flexibility index (Phi) is 5.47. The lowest BCUT2D eigenvalue weighted by Crippen LogP contribution is -2.02. The second-order valence-corrected chi connectivity index (χ2v) is 13.8. The summed E-state index contributed by atoms with van der Waals surface area (Å²) in [5.74, 6) is 0.867. The van der Waals surface area contributed by atoms with E-state index in [4.69, 9.17) is 9.97 Å². The largest absolute Gasteiger partial charge is 0.309 e. The van der Waals surface area contributed by atoms with Gasteiger partial charge in [0.25, 0.3) is 0 Å². The zero-order valence-electron chi connectivity index (χ0n) is 28.0. The first kappa shape index (κ1) is 27.7. The molecule has 11 aromatic rings. The maximum absolute atomic E-state index is 5.31. The third-order valence-electron chi connectivity index (χ3n) is 11.0. The summed E-state index contributed by atoms with van der Waals surface area (Å²) < 4.78 is 4.75. The predicted molar refractivity (Wildman–Crippen MR) is 216 cm³/mol. The van der Waals surface area contributed by atoms with Gasteiger partial charge < -0.3 is 4.57 Å². The first-order valence-electron chi connectivity index (χ1n) is 17.8. The number of fused-ring (bicyclic) bond motifs is 14. The molecule has 0 amide bonds. The molecule has 0 saturated carbocycles. The lowest BCUT2D eigenvalue weighted by molar-refractivity contribution is 1.09. The van der Waals surface area contributed by atoms with Crippen LogP contribution < -0.4 is 0 Å². The zero-order valence-corrected chi connectivity index (χ0v) is 28.0. The molecule has 12 rings (SSSR count). The van der Waals surface area contributed by atoms with Crippen LogP contribution in [0.15, 0.2) is 170 Å².